The summed E-state index contributed by atoms with van der Waals surface area (Å²) < 4.78 is 21.2. The molecule has 114 valence electrons. The summed E-state index contributed by atoms with van der Waals surface area (Å²) >= 11 is 5.87. The highest BCUT2D eigenvalue weighted by molar-refractivity contribution is 6.20. The highest BCUT2D eigenvalue weighted by Gasteiger charge is 2.15. The Hall–Kier alpha value is -2.15. The van der Waals surface area contributed by atoms with Crippen LogP contribution in [-0.4, -0.2) is 31.5 Å². The molecule has 0 aliphatic carbocycles. The molecular weight excluding hydrogens is 298 g/mol. The van der Waals surface area contributed by atoms with Crippen LogP contribution in [0.5, 0.6) is 17.2 Å². The van der Waals surface area contributed by atoms with Crippen molar-refractivity contribution in [1.29, 1.82) is 0 Å². The Balaban J connectivity index is 2.30. The van der Waals surface area contributed by atoms with Crippen molar-refractivity contribution in [3.63, 3.8) is 0 Å². The first-order chi connectivity index (χ1) is 10.1. The average Bonchev–Trinajstić information content (AvgIpc) is 2.94. The van der Waals surface area contributed by atoms with Gasteiger partial charge in [0.25, 0.3) is 0 Å². The number of aromatic nitrogens is 2. The van der Waals surface area contributed by atoms with Crippen LogP contribution in [0.15, 0.2) is 16.5 Å². The Morgan fingerprint density at radius 3 is 2.14 bits per heavy atom. The third-order valence-electron chi connectivity index (χ3n) is 2.70. The van der Waals surface area contributed by atoms with E-state index in [9.17, 15) is 0 Å². The largest absolute Gasteiger partial charge is 0.493 e. The molecule has 0 spiro atoms. The number of nitrogens with zero attached hydrogens (tertiary/aromatic N) is 2. The highest BCUT2D eigenvalue weighted by atomic mass is 35.5. The van der Waals surface area contributed by atoms with Gasteiger partial charge in [-0.1, -0.05) is 5.10 Å². The number of halogens is 1. The fourth-order valence-corrected chi connectivity index (χ4v) is 1.81. The van der Waals surface area contributed by atoms with E-state index in [1.807, 2.05) is 0 Å². The molecule has 1 N–H and O–H groups in total. The second-order valence-corrected chi connectivity index (χ2v) is 4.76. The van der Waals surface area contributed by atoms with Crippen molar-refractivity contribution in [2.24, 2.45) is 0 Å². The van der Waals surface area contributed by atoms with E-state index in [1.165, 1.54) is 0 Å². The van der Waals surface area contributed by atoms with Crippen molar-refractivity contribution in [3.05, 3.63) is 18.0 Å². The van der Waals surface area contributed by atoms with Gasteiger partial charge in [0, 0.05) is 12.1 Å². The van der Waals surface area contributed by atoms with Crippen LogP contribution < -0.4 is 19.5 Å². The van der Waals surface area contributed by atoms with Gasteiger partial charge in [0.1, 0.15) is 5.38 Å². The van der Waals surface area contributed by atoms with Gasteiger partial charge >= 0.3 is 6.01 Å². The Morgan fingerprint density at radius 1 is 1.10 bits per heavy atom. The van der Waals surface area contributed by atoms with E-state index in [0.717, 1.165) is 0 Å². The number of hydrogen-bond acceptors (Lipinski definition) is 7. The molecule has 0 aliphatic rings. The summed E-state index contributed by atoms with van der Waals surface area (Å²) in [7, 11) is 4.63. The Bertz CT molecular complexity index is 590. The van der Waals surface area contributed by atoms with Crippen molar-refractivity contribution in [2.75, 3.05) is 26.6 Å². The highest BCUT2D eigenvalue weighted by Crippen LogP contribution is 2.40. The van der Waals surface area contributed by atoms with E-state index in [1.54, 1.807) is 40.4 Å². The topological polar surface area (TPSA) is 78.6 Å². The van der Waals surface area contributed by atoms with E-state index in [-0.39, 0.29) is 11.4 Å². The van der Waals surface area contributed by atoms with Crippen LogP contribution in [0.4, 0.5) is 11.7 Å². The molecule has 0 bridgehead atoms. The van der Waals surface area contributed by atoms with Gasteiger partial charge in [0.15, 0.2) is 11.5 Å². The number of alkyl halides is 1. The zero-order valence-electron chi connectivity index (χ0n) is 12.1. The maximum Gasteiger partial charge on any atom is 0.320 e. The van der Waals surface area contributed by atoms with Gasteiger partial charge < -0.3 is 23.9 Å². The van der Waals surface area contributed by atoms with Crippen molar-refractivity contribution < 1.29 is 18.6 Å². The van der Waals surface area contributed by atoms with Crippen LogP contribution in [0, 0.1) is 0 Å². The molecule has 8 heteroatoms. The van der Waals surface area contributed by atoms with Crippen LogP contribution in [0.3, 0.4) is 0 Å². The zero-order chi connectivity index (χ0) is 15.4. The number of anilines is 2. The van der Waals surface area contributed by atoms with Gasteiger partial charge in [-0.25, -0.2) is 0 Å². The lowest BCUT2D eigenvalue weighted by Crippen LogP contribution is -1.98. The van der Waals surface area contributed by atoms with Gasteiger partial charge in [-0.2, -0.15) is 0 Å². The number of benzene rings is 1. The van der Waals surface area contributed by atoms with E-state index in [0.29, 0.717) is 28.8 Å². The molecule has 1 atom stereocenters. The molecule has 0 aliphatic heterocycles. The minimum absolute atomic E-state index is 0.228. The lowest BCUT2D eigenvalue weighted by Gasteiger charge is -2.13. The second-order valence-electron chi connectivity index (χ2n) is 4.10. The Kier molecular flexibility index (Phi) is 4.74. The summed E-state index contributed by atoms with van der Waals surface area (Å²) in [4.78, 5) is 0. The maximum absolute atomic E-state index is 5.87. The van der Waals surface area contributed by atoms with Crippen LogP contribution >= 0.6 is 11.6 Å². The fraction of sp³-hybridized carbons (Fsp3) is 0.385. The maximum atomic E-state index is 5.87. The summed E-state index contributed by atoms with van der Waals surface area (Å²) in [5, 5.41) is 10.3. The predicted molar refractivity (Wildman–Crippen MR) is 77.9 cm³/mol. The molecule has 2 aromatic rings. The summed E-state index contributed by atoms with van der Waals surface area (Å²) in [6, 6.07) is 3.69. The number of methoxy groups -OCH3 is 3. The van der Waals surface area contributed by atoms with Crippen LogP contribution in [0.2, 0.25) is 0 Å². The van der Waals surface area contributed by atoms with Crippen LogP contribution in [-0.2, 0) is 0 Å². The Morgan fingerprint density at radius 2 is 1.71 bits per heavy atom. The molecule has 1 unspecified atom stereocenters. The van der Waals surface area contributed by atoms with Gasteiger partial charge in [-0.05, 0) is 6.92 Å². The quantitative estimate of drug-likeness (QED) is 0.821. The third-order valence-corrected chi connectivity index (χ3v) is 2.88. The van der Waals surface area contributed by atoms with Gasteiger partial charge in [0.05, 0.1) is 27.0 Å². The lowest BCUT2D eigenvalue weighted by atomic mass is 10.2. The molecule has 0 radical (unpaired) electrons. The molecule has 0 saturated carbocycles. The standard InChI is InChI=1S/C13H16ClN3O4/c1-7(14)12-16-17-13(21-12)15-8-5-9(18-2)11(20-4)10(6-8)19-3/h5-7H,1-4H3,(H,15,17). The number of hydrogen-bond donors (Lipinski definition) is 1. The van der Waals surface area contributed by atoms with E-state index in [2.05, 4.69) is 15.5 Å². The van der Waals surface area contributed by atoms with E-state index in [4.69, 9.17) is 30.2 Å². The van der Waals surface area contributed by atoms with Crippen molar-refractivity contribution in [1.82, 2.24) is 10.2 Å². The van der Waals surface area contributed by atoms with Crippen molar-refractivity contribution in [3.8, 4) is 17.2 Å². The molecule has 1 aromatic carbocycles. The normalized spacial score (nSPS) is 11.9. The smallest absolute Gasteiger partial charge is 0.320 e. The summed E-state index contributed by atoms with van der Waals surface area (Å²) in [6.07, 6.45) is 0. The van der Waals surface area contributed by atoms with Gasteiger partial charge in [-0.15, -0.1) is 16.7 Å². The molecule has 2 rings (SSSR count). The SMILES string of the molecule is COc1cc(Nc2nnc(C(C)Cl)o2)cc(OC)c1OC. The first-order valence-corrected chi connectivity index (χ1v) is 6.57. The minimum Gasteiger partial charge on any atom is -0.493 e. The monoisotopic (exact) mass is 313 g/mol. The van der Waals surface area contributed by atoms with Crippen LogP contribution in [0.1, 0.15) is 18.2 Å². The molecule has 1 aromatic heterocycles. The molecular formula is C13H16ClN3O4. The predicted octanol–water partition coefficient (Wildman–Crippen LogP) is 3.14. The average molecular weight is 314 g/mol. The number of ether oxygens (including phenoxy) is 3. The lowest BCUT2D eigenvalue weighted by molar-refractivity contribution is 0.324. The Labute approximate surface area is 127 Å². The van der Waals surface area contributed by atoms with Crippen molar-refractivity contribution >= 4 is 23.3 Å². The molecule has 0 saturated heterocycles. The third kappa shape index (κ3) is 3.30. The van der Waals surface area contributed by atoms with Crippen molar-refractivity contribution in [2.45, 2.75) is 12.3 Å². The van der Waals surface area contributed by atoms with Gasteiger partial charge in [-0.3, -0.25) is 0 Å². The second kappa shape index (κ2) is 6.53. The molecule has 0 fully saturated rings. The first kappa shape index (κ1) is 15.2. The first-order valence-electron chi connectivity index (χ1n) is 6.13. The minimum atomic E-state index is -0.354. The summed E-state index contributed by atoms with van der Waals surface area (Å²) in [6.45, 7) is 1.75. The summed E-state index contributed by atoms with van der Waals surface area (Å²) in [5.41, 5.74) is 0.655. The van der Waals surface area contributed by atoms with Gasteiger partial charge in [0.2, 0.25) is 11.6 Å². The fourth-order valence-electron chi connectivity index (χ4n) is 1.72. The number of nitrogens with one attached hydrogen (secondary N) is 1. The summed E-state index contributed by atoms with van der Waals surface area (Å²) in [5.74, 6) is 1.88. The van der Waals surface area contributed by atoms with E-state index >= 15 is 0 Å². The molecule has 21 heavy (non-hydrogen) atoms. The molecule has 0 amide bonds. The van der Waals surface area contributed by atoms with Crippen LogP contribution in [0.25, 0.3) is 0 Å². The van der Waals surface area contributed by atoms with E-state index < -0.39 is 0 Å². The molecule has 7 nitrogen and oxygen atoms in total. The number of rotatable bonds is 6. The zero-order valence-corrected chi connectivity index (χ0v) is 12.9. The molecule has 1 heterocycles.